The van der Waals surface area contributed by atoms with Gasteiger partial charge >= 0.3 is 0 Å². The maximum Gasteiger partial charge on any atom is 0.261 e. The molecule has 4 aliphatic rings. The Labute approximate surface area is 443 Å². The summed E-state index contributed by atoms with van der Waals surface area (Å²) in [4.78, 5) is 6.54. The maximum atomic E-state index is 12.9. The number of para-hydroxylation sites is 8. The van der Waals surface area contributed by atoms with E-state index in [1.807, 2.05) is 102 Å². The lowest BCUT2D eigenvalue weighted by Gasteiger charge is -2.44. The normalized spacial score (nSPS) is 20.7. The van der Waals surface area contributed by atoms with Crippen LogP contribution < -0.4 is 29.7 Å². The van der Waals surface area contributed by atoms with E-state index in [4.69, 9.17) is 58.6 Å². The number of rotatable bonds is 9. The number of nitrogens with zero attached hydrogens (tertiary/aromatic N) is 3. The number of nitrogens with one attached hydrogen (secondary N) is 1. The molecule has 0 saturated carbocycles. The molecule has 6 aromatic rings. The smallest absolute Gasteiger partial charge is 0.261 e. The lowest BCUT2D eigenvalue weighted by Crippen LogP contribution is -2.60. The number of sulfonamides is 1. The van der Waals surface area contributed by atoms with E-state index in [-0.39, 0.29) is 42.5 Å². The third-order valence-corrected chi connectivity index (χ3v) is 15.7. The molecule has 6 atom stereocenters. The third kappa shape index (κ3) is 14.0. The van der Waals surface area contributed by atoms with Crippen molar-refractivity contribution in [1.82, 2.24) is 9.62 Å². The zero-order chi connectivity index (χ0) is 51.6. The summed E-state index contributed by atoms with van der Waals surface area (Å²) in [6, 6.07) is 40.2. The first-order chi connectivity index (χ1) is 34.5. The minimum atomic E-state index is -3.88. The number of halogens is 3. The van der Waals surface area contributed by atoms with Crippen LogP contribution in [-0.4, -0.2) is 114 Å². The Morgan fingerprint density at radius 2 is 0.918 bits per heavy atom. The van der Waals surface area contributed by atoms with Gasteiger partial charge in [-0.15, -0.1) is 0 Å². The van der Waals surface area contributed by atoms with E-state index in [0.717, 1.165) is 34.2 Å². The summed E-state index contributed by atoms with van der Waals surface area (Å²) in [7, 11) is -2.44. The first-order valence-corrected chi connectivity index (χ1v) is 27.9. The second-order valence-electron chi connectivity index (χ2n) is 16.9. The highest BCUT2D eigenvalue weighted by molar-refractivity contribution is 8.13. The van der Waals surface area contributed by atoms with Crippen LogP contribution in [0.15, 0.2) is 155 Å². The average molecular weight is 1100 g/mol. The number of aliphatic hydroxyl groups is 2. The summed E-state index contributed by atoms with van der Waals surface area (Å²) in [5.41, 5.74) is 9.38. The van der Waals surface area contributed by atoms with Crippen molar-refractivity contribution in [3.8, 4) is 23.0 Å². The van der Waals surface area contributed by atoms with Gasteiger partial charge in [-0.2, -0.15) is 0 Å². The van der Waals surface area contributed by atoms with E-state index in [0.29, 0.717) is 34.8 Å². The Kier molecular flexibility index (Phi) is 20.4. The summed E-state index contributed by atoms with van der Waals surface area (Å²) in [5.74, 6) is 2.85. The Balaban J connectivity index is 0.000000182. The van der Waals surface area contributed by atoms with Crippen molar-refractivity contribution in [3.63, 3.8) is 0 Å². The summed E-state index contributed by atoms with van der Waals surface area (Å²) >= 11 is 11.4. The van der Waals surface area contributed by atoms with Gasteiger partial charge in [0.25, 0.3) is 9.05 Å². The van der Waals surface area contributed by atoms with Gasteiger partial charge in [-0.1, -0.05) is 99.9 Å². The maximum absolute atomic E-state index is 12.9. The molecule has 0 aromatic heterocycles. The number of hydrogen-bond donors (Lipinski definition) is 4. The van der Waals surface area contributed by atoms with Crippen molar-refractivity contribution in [3.05, 3.63) is 156 Å². The molecular formula is C53H62Cl3N5O10S2. The Hall–Kier alpha value is -4.99. The number of aliphatic hydroxyl groups excluding tert-OH is 2. The van der Waals surface area contributed by atoms with Gasteiger partial charge in [-0.3, -0.25) is 0 Å². The molecule has 15 nitrogen and oxygen atoms in total. The van der Waals surface area contributed by atoms with Crippen molar-refractivity contribution in [2.24, 2.45) is 5.73 Å². The predicted octanol–water partition coefficient (Wildman–Crippen LogP) is 9.96. The number of benzene rings is 6. The molecule has 0 spiro atoms. The number of hydrogen-bond acceptors (Lipinski definition) is 14. The highest BCUT2D eigenvalue weighted by Gasteiger charge is 2.42. The molecule has 5 N–H and O–H groups in total. The van der Waals surface area contributed by atoms with E-state index < -0.39 is 43.4 Å². The molecule has 0 unspecified atom stereocenters. The minimum Gasteiger partial charge on any atom is -0.453 e. The van der Waals surface area contributed by atoms with Crippen molar-refractivity contribution >= 4 is 75.7 Å². The van der Waals surface area contributed by atoms with E-state index in [1.54, 1.807) is 0 Å². The molecule has 6 aromatic carbocycles. The van der Waals surface area contributed by atoms with Gasteiger partial charge in [-0.25, -0.2) is 21.6 Å². The Morgan fingerprint density at radius 1 is 0.562 bits per heavy atom. The van der Waals surface area contributed by atoms with Gasteiger partial charge in [0.1, 0.15) is 0 Å². The topological polar surface area (TPSA) is 193 Å². The van der Waals surface area contributed by atoms with Gasteiger partial charge in [-0.05, 0) is 117 Å². The summed E-state index contributed by atoms with van der Waals surface area (Å²) < 4.78 is 73.0. The van der Waals surface area contributed by atoms with Crippen LogP contribution in [0.25, 0.3) is 0 Å². The minimum absolute atomic E-state index is 0. The van der Waals surface area contributed by atoms with E-state index in [9.17, 15) is 27.0 Å². The number of ether oxygens (including phenoxy) is 4. The zero-order valence-corrected chi connectivity index (χ0v) is 43.7. The van der Waals surface area contributed by atoms with Gasteiger partial charge in [0, 0.05) is 20.7 Å². The van der Waals surface area contributed by atoms with Crippen LogP contribution in [0.5, 0.6) is 23.0 Å². The van der Waals surface area contributed by atoms with Crippen LogP contribution in [-0.2, 0) is 28.5 Å². The standard InChI is InChI=1S/C23H21ClN2O5S.C17H18N2O3.C6H4Cl2O2S.C6H15N.CH4/c24-15-9-11-16(12-10-15)32(28,29)25-17-13-30-14-20(23(17)27)26-18-5-1-3-7-21(18)31-22-8-4-2-6-19(22)26;18-11-9-21-10-14(17(11)20)19-12-5-1-3-7-15(12)22-16-8-4-2-6-13(16)19;7-5-1-3-6(4-2-5)11(8,9)10;1-4-7(5-2)6-3;/h1-12,17,20,23,25,27H,13-14H2;1-8,11,14,17,20H,9-10,18H2;1-4H;4-6H2,1-3H3;1H4/t17-,20+,23+;11-,14+,17+;;;/m11.../s1. The lowest BCUT2D eigenvalue weighted by atomic mass is 9.98. The fourth-order valence-corrected chi connectivity index (χ4v) is 10.7. The molecule has 2 saturated heterocycles. The number of fused-ring (bicyclic) bond motifs is 4. The summed E-state index contributed by atoms with van der Waals surface area (Å²) in [5, 5.41) is 22.7. The molecule has 0 radical (unpaired) electrons. The molecule has 0 amide bonds. The van der Waals surface area contributed by atoms with Crippen molar-refractivity contribution in [1.29, 1.82) is 0 Å². The van der Waals surface area contributed by atoms with Gasteiger partial charge < -0.3 is 49.6 Å². The van der Waals surface area contributed by atoms with Crippen LogP contribution in [0.4, 0.5) is 22.7 Å². The second kappa shape index (κ2) is 26.0. The second-order valence-corrected chi connectivity index (χ2v) is 22.0. The average Bonchev–Trinajstić information content (AvgIpc) is 3.38. The monoisotopic (exact) mass is 1100 g/mol. The van der Waals surface area contributed by atoms with E-state index in [2.05, 4.69) is 35.3 Å². The Bertz CT molecular complexity index is 2860. The molecule has 0 bridgehead atoms. The molecule has 0 aliphatic carbocycles. The van der Waals surface area contributed by atoms with Crippen LogP contribution in [0.2, 0.25) is 10.0 Å². The van der Waals surface area contributed by atoms with Crippen LogP contribution in [0.1, 0.15) is 28.2 Å². The lowest BCUT2D eigenvalue weighted by molar-refractivity contribution is -0.0244. The van der Waals surface area contributed by atoms with Gasteiger partial charge in [0.15, 0.2) is 23.0 Å². The number of anilines is 4. The number of nitrogens with two attached hydrogens (primary N) is 1. The third-order valence-electron chi connectivity index (χ3n) is 12.3. The first-order valence-electron chi connectivity index (χ1n) is 23.3. The highest BCUT2D eigenvalue weighted by Crippen LogP contribution is 2.49. The molecule has 4 heterocycles. The Morgan fingerprint density at radius 3 is 1.29 bits per heavy atom. The van der Waals surface area contributed by atoms with Crippen molar-refractivity contribution in [2.75, 3.05) is 55.9 Å². The fourth-order valence-electron chi connectivity index (χ4n) is 8.48. The first kappa shape index (κ1) is 57.3. The van der Waals surface area contributed by atoms with Crippen molar-refractivity contribution < 1.29 is 46.0 Å². The quantitative estimate of drug-likeness (QED) is 0.1000. The molecule has 20 heteroatoms. The van der Waals surface area contributed by atoms with E-state index >= 15 is 0 Å². The summed E-state index contributed by atoms with van der Waals surface area (Å²) in [6.07, 6.45) is -1.70. The van der Waals surface area contributed by atoms with Crippen LogP contribution >= 0.6 is 33.9 Å². The van der Waals surface area contributed by atoms with Crippen molar-refractivity contribution in [2.45, 2.75) is 74.4 Å². The van der Waals surface area contributed by atoms with Gasteiger partial charge in [0.2, 0.25) is 10.0 Å². The van der Waals surface area contributed by atoms with Crippen LogP contribution in [0.3, 0.4) is 0 Å². The molecular weight excluding hydrogens is 1040 g/mol. The molecule has 10 rings (SSSR count). The molecule has 73 heavy (non-hydrogen) atoms. The molecule has 4 aliphatic heterocycles. The molecule has 2 fully saturated rings. The largest absolute Gasteiger partial charge is 0.453 e. The SMILES string of the molecule is C.CCN(CC)CC.N[C@@H]1COC[C@H](N2c3ccccc3Oc3ccccc32)[C@H]1O.O=S(=O)(Cl)c1ccc(Cl)cc1.O=S(=O)(N[C@@H]1COC[C@H](N2c3ccccc3Oc3ccccc32)[C@H]1O)c1ccc(Cl)cc1. The predicted molar refractivity (Wildman–Crippen MR) is 290 cm³/mol. The van der Waals surface area contributed by atoms with Crippen LogP contribution in [0, 0.1) is 0 Å². The fraction of sp³-hybridized carbons (Fsp3) is 0.321. The highest BCUT2D eigenvalue weighted by atomic mass is 35.7. The zero-order valence-electron chi connectivity index (χ0n) is 39.8. The molecule has 392 valence electrons. The van der Waals surface area contributed by atoms with Gasteiger partial charge in [0.05, 0.1) is 95.3 Å². The summed E-state index contributed by atoms with van der Waals surface area (Å²) in [6.45, 7) is 11.2. The van der Waals surface area contributed by atoms with E-state index in [1.165, 1.54) is 68.2 Å².